The summed E-state index contributed by atoms with van der Waals surface area (Å²) in [5, 5.41) is 12.0. The molecule has 0 aromatic heterocycles. The van der Waals surface area contributed by atoms with E-state index in [-0.39, 0.29) is 26.2 Å². The van der Waals surface area contributed by atoms with E-state index in [0.29, 0.717) is 17.1 Å². The van der Waals surface area contributed by atoms with E-state index in [1.807, 2.05) is 30.3 Å². The number of nitrogens with one attached hydrogen (secondary N) is 2. The van der Waals surface area contributed by atoms with Crippen LogP contribution in [0.2, 0.25) is 0 Å². The van der Waals surface area contributed by atoms with Crippen LogP contribution < -0.4 is 15.5 Å². The van der Waals surface area contributed by atoms with Crippen molar-refractivity contribution in [3.05, 3.63) is 60.2 Å². The Kier molecular flexibility index (Phi) is 11.3. The highest BCUT2D eigenvalue weighted by molar-refractivity contribution is 5.94. The molecule has 2 amide bonds. The summed E-state index contributed by atoms with van der Waals surface area (Å²) in [6, 6.07) is 15.1. The lowest BCUT2D eigenvalue weighted by Gasteiger charge is -2.25. The number of esters is 1. The first-order chi connectivity index (χ1) is 17.1. The molecular weight excluding hydrogens is 468 g/mol. The minimum Gasteiger partial charge on any atom is -0.460 e. The van der Waals surface area contributed by atoms with Crippen molar-refractivity contribution in [2.24, 2.45) is 5.92 Å². The Bertz CT molecular complexity index is 974. The first-order valence-corrected chi connectivity index (χ1v) is 11.5. The molecule has 0 aliphatic carbocycles. The van der Waals surface area contributed by atoms with Crippen LogP contribution in [0.1, 0.15) is 44.0 Å². The third-order valence-corrected chi connectivity index (χ3v) is 4.83. The summed E-state index contributed by atoms with van der Waals surface area (Å²) in [5.74, 6) is -1.52. The topological polar surface area (TPSA) is 132 Å². The maximum absolute atomic E-state index is 12.9. The monoisotopic (exact) mass is 502 g/mol. The maximum Gasteiger partial charge on any atom is 0.307 e. The Labute approximate surface area is 210 Å². The van der Waals surface area contributed by atoms with E-state index < -0.39 is 35.3 Å². The molecule has 2 atom stereocenters. The SMILES string of the molecule is COCOC[C@H](C[C@H](CC(=O)OC(C)(C)C)C(=O)NO)NC(=O)c1ccc(Oc2ccccc2)cc1. The summed E-state index contributed by atoms with van der Waals surface area (Å²) < 4.78 is 21.3. The Balaban J connectivity index is 2.08. The molecule has 0 aliphatic heterocycles. The van der Waals surface area contributed by atoms with Crippen molar-refractivity contribution in [2.75, 3.05) is 20.5 Å². The molecule has 0 saturated carbocycles. The molecule has 0 spiro atoms. The quantitative estimate of drug-likeness (QED) is 0.125. The number of benzene rings is 2. The zero-order chi connectivity index (χ0) is 26.6. The van der Waals surface area contributed by atoms with Gasteiger partial charge in [-0.15, -0.1) is 0 Å². The number of methoxy groups -OCH3 is 1. The molecule has 0 radical (unpaired) electrons. The molecule has 196 valence electrons. The molecule has 10 nitrogen and oxygen atoms in total. The van der Waals surface area contributed by atoms with Crippen LogP contribution in [0.5, 0.6) is 11.5 Å². The van der Waals surface area contributed by atoms with Crippen molar-refractivity contribution < 1.29 is 38.5 Å². The molecule has 36 heavy (non-hydrogen) atoms. The second kappa shape index (κ2) is 14.2. The molecule has 2 aromatic carbocycles. The van der Waals surface area contributed by atoms with Crippen molar-refractivity contribution in [1.29, 1.82) is 0 Å². The fraction of sp³-hybridized carbons (Fsp3) is 0.423. The number of ether oxygens (including phenoxy) is 4. The van der Waals surface area contributed by atoms with Crippen LogP contribution in [0.15, 0.2) is 54.6 Å². The lowest BCUT2D eigenvalue weighted by atomic mass is 9.95. The fourth-order valence-electron chi connectivity index (χ4n) is 3.31. The van der Waals surface area contributed by atoms with Gasteiger partial charge in [-0.3, -0.25) is 19.6 Å². The molecule has 2 rings (SSSR count). The minimum absolute atomic E-state index is 0.0102. The zero-order valence-electron chi connectivity index (χ0n) is 21.0. The molecule has 3 N–H and O–H groups in total. The number of carbonyl (C=O) groups is 3. The average Bonchev–Trinajstić information content (AvgIpc) is 2.83. The van der Waals surface area contributed by atoms with Crippen LogP contribution in [0.25, 0.3) is 0 Å². The Morgan fingerprint density at radius 3 is 2.19 bits per heavy atom. The average molecular weight is 503 g/mol. The van der Waals surface area contributed by atoms with Gasteiger partial charge in [-0.05, 0) is 63.6 Å². The van der Waals surface area contributed by atoms with Crippen molar-refractivity contribution in [3.63, 3.8) is 0 Å². The number of para-hydroxylation sites is 1. The van der Waals surface area contributed by atoms with Crippen molar-refractivity contribution in [1.82, 2.24) is 10.8 Å². The van der Waals surface area contributed by atoms with E-state index >= 15 is 0 Å². The molecule has 0 aliphatic rings. The second-order valence-electron chi connectivity index (χ2n) is 9.09. The Morgan fingerprint density at radius 1 is 0.972 bits per heavy atom. The number of hydroxylamine groups is 1. The third kappa shape index (κ3) is 10.4. The van der Waals surface area contributed by atoms with E-state index in [1.165, 1.54) is 7.11 Å². The van der Waals surface area contributed by atoms with Crippen molar-refractivity contribution in [3.8, 4) is 11.5 Å². The lowest BCUT2D eigenvalue weighted by molar-refractivity contribution is -0.158. The molecular formula is C26H34N2O8. The molecule has 0 saturated heterocycles. The van der Waals surface area contributed by atoms with Crippen LogP contribution in [0.4, 0.5) is 0 Å². The van der Waals surface area contributed by atoms with Crippen LogP contribution in [0.3, 0.4) is 0 Å². The summed E-state index contributed by atoms with van der Waals surface area (Å²) >= 11 is 0. The van der Waals surface area contributed by atoms with E-state index in [2.05, 4.69) is 5.32 Å². The minimum atomic E-state index is -0.969. The van der Waals surface area contributed by atoms with Crippen LogP contribution in [-0.4, -0.2) is 55.1 Å². The van der Waals surface area contributed by atoms with Crippen LogP contribution in [-0.2, 0) is 23.8 Å². The van der Waals surface area contributed by atoms with Gasteiger partial charge in [-0.2, -0.15) is 0 Å². The van der Waals surface area contributed by atoms with Gasteiger partial charge >= 0.3 is 5.97 Å². The predicted octanol–water partition coefficient (Wildman–Crippen LogP) is 3.44. The van der Waals surface area contributed by atoms with Gasteiger partial charge in [0.1, 0.15) is 23.9 Å². The highest BCUT2D eigenvalue weighted by atomic mass is 16.7. The molecule has 0 bridgehead atoms. The number of carbonyl (C=O) groups excluding carboxylic acids is 3. The summed E-state index contributed by atoms with van der Waals surface area (Å²) in [4.78, 5) is 37.5. The molecule has 0 unspecified atom stereocenters. The smallest absolute Gasteiger partial charge is 0.307 e. The van der Waals surface area contributed by atoms with Crippen LogP contribution in [0, 0.1) is 5.92 Å². The molecule has 10 heteroatoms. The van der Waals surface area contributed by atoms with Gasteiger partial charge in [0.15, 0.2) is 0 Å². The van der Waals surface area contributed by atoms with E-state index in [0.717, 1.165) is 0 Å². The summed E-state index contributed by atoms with van der Waals surface area (Å²) in [6.07, 6.45) is -0.276. The summed E-state index contributed by atoms with van der Waals surface area (Å²) in [6.45, 7) is 5.12. The first kappa shape index (κ1) is 28.8. The fourth-order valence-corrected chi connectivity index (χ4v) is 3.31. The highest BCUT2D eigenvalue weighted by Crippen LogP contribution is 2.22. The van der Waals surface area contributed by atoms with Gasteiger partial charge in [0, 0.05) is 12.7 Å². The Morgan fingerprint density at radius 2 is 1.61 bits per heavy atom. The van der Waals surface area contributed by atoms with Gasteiger partial charge in [-0.25, -0.2) is 5.48 Å². The zero-order valence-corrected chi connectivity index (χ0v) is 21.0. The number of rotatable bonds is 13. The molecule has 0 fully saturated rings. The first-order valence-electron chi connectivity index (χ1n) is 11.5. The molecule has 2 aromatic rings. The normalized spacial score (nSPS) is 12.8. The second-order valence-corrected chi connectivity index (χ2v) is 9.09. The standard InChI is InChI=1S/C26H34N2O8/c1-26(2,3)36-23(29)15-19(25(31)28-32)14-20(16-34-17-33-4)27-24(30)18-10-12-22(13-11-18)35-21-8-6-5-7-9-21/h5-13,19-20,32H,14-17H2,1-4H3,(H,27,30)(H,28,31)/t19-,20+/m1/s1. The van der Waals surface area contributed by atoms with Gasteiger partial charge in [0.25, 0.3) is 5.91 Å². The van der Waals surface area contributed by atoms with Gasteiger partial charge in [0.05, 0.1) is 25.0 Å². The summed E-state index contributed by atoms with van der Waals surface area (Å²) in [7, 11) is 1.46. The number of hydrogen-bond acceptors (Lipinski definition) is 8. The molecule has 0 heterocycles. The van der Waals surface area contributed by atoms with E-state index in [4.69, 9.17) is 24.2 Å². The Hall–Kier alpha value is -3.47. The van der Waals surface area contributed by atoms with E-state index in [1.54, 1.807) is 50.5 Å². The van der Waals surface area contributed by atoms with E-state index in [9.17, 15) is 14.4 Å². The number of amides is 2. The summed E-state index contributed by atoms with van der Waals surface area (Å²) in [5.41, 5.74) is 1.21. The van der Waals surface area contributed by atoms with Gasteiger partial charge < -0.3 is 24.3 Å². The predicted molar refractivity (Wildman–Crippen MR) is 131 cm³/mol. The maximum atomic E-state index is 12.9. The van der Waals surface area contributed by atoms with Crippen molar-refractivity contribution >= 4 is 17.8 Å². The van der Waals surface area contributed by atoms with Crippen LogP contribution >= 0.6 is 0 Å². The van der Waals surface area contributed by atoms with Gasteiger partial charge in [-0.1, -0.05) is 18.2 Å². The van der Waals surface area contributed by atoms with Crippen molar-refractivity contribution in [2.45, 2.75) is 45.3 Å². The number of hydrogen-bond donors (Lipinski definition) is 3. The highest BCUT2D eigenvalue weighted by Gasteiger charge is 2.29. The largest absolute Gasteiger partial charge is 0.460 e. The lowest BCUT2D eigenvalue weighted by Crippen LogP contribution is -2.43. The third-order valence-electron chi connectivity index (χ3n) is 4.83. The van der Waals surface area contributed by atoms with Gasteiger partial charge in [0.2, 0.25) is 5.91 Å².